The summed E-state index contributed by atoms with van der Waals surface area (Å²) in [5, 5.41) is 1.14. The van der Waals surface area contributed by atoms with Crippen molar-refractivity contribution in [2.75, 3.05) is 6.54 Å². The molecule has 1 aromatic carbocycles. The van der Waals surface area contributed by atoms with Crippen molar-refractivity contribution in [2.45, 2.75) is 26.7 Å². The van der Waals surface area contributed by atoms with Gasteiger partial charge in [0.1, 0.15) is 0 Å². The lowest BCUT2D eigenvalue weighted by Gasteiger charge is -2.17. The molecule has 0 saturated heterocycles. The third-order valence-electron chi connectivity index (χ3n) is 3.30. The third-order valence-corrected chi connectivity index (χ3v) is 4.25. The number of thiazole rings is 1. The summed E-state index contributed by atoms with van der Waals surface area (Å²) in [5.41, 5.74) is 3.64. The molecular formula is C14H16N2S. The normalized spacial score (nSPS) is 20.6. The smallest absolute Gasteiger partial charge is 0.0907 e. The Morgan fingerprint density at radius 1 is 1.35 bits per heavy atom. The van der Waals surface area contributed by atoms with Crippen molar-refractivity contribution >= 4 is 27.3 Å². The predicted molar refractivity (Wildman–Crippen MR) is 74.2 cm³/mol. The molecule has 1 atom stereocenters. The van der Waals surface area contributed by atoms with E-state index in [0.717, 1.165) is 29.4 Å². The third kappa shape index (κ3) is 2.12. The first kappa shape index (κ1) is 10.9. The van der Waals surface area contributed by atoms with Gasteiger partial charge in [0.15, 0.2) is 0 Å². The molecule has 1 aromatic heterocycles. The van der Waals surface area contributed by atoms with Crippen LogP contribution in [0.15, 0.2) is 23.2 Å². The predicted octanol–water partition coefficient (Wildman–Crippen LogP) is 3.82. The minimum atomic E-state index is 0.740. The summed E-state index contributed by atoms with van der Waals surface area (Å²) in [7, 11) is 0. The van der Waals surface area contributed by atoms with E-state index in [1.165, 1.54) is 22.4 Å². The van der Waals surface area contributed by atoms with Gasteiger partial charge in [-0.05, 0) is 43.4 Å². The standard InChI is InChI=1S/C14H16N2S/c1-9-3-5-12(15-8-9)11-4-6-14-13(7-11)16-10(2)17-14/h4,6-7,9H,3,5,8H2,1-2H3. The van der Waals surface area contributed by atoms with Gasteiger partial charge in [0.25, 0.3) is 0 Å². The van der Waals surface area contributed by atoms with Crippen LogP contribution in [0.2, 0.25) is 0 Å². The number of nitrogens with zero attached hydrogens (tertiary/aromatic N) is 2. The van der Waals surface area contributed by atoms with Crippen molar-refractivity contribution in [3.8, 4) is 0 Å². The fourth-order valence-electron chi connectivity index (χ4n) is 2.28. The number of hydrogen-bond acceptors (Lipinski definition) is 3. The van der Waals surface area contributed by atoms with E-state index >= 15 is 0 Å². The number of aliphatic imine (C=N–C) groups is 1. The average molecular weight is 244 g/mol. The molecule has 3 heteroatoms. The maximum absolute atomic E-state index is 4.69. The molecule has 1 aliphatic rings. The van der Waals surface area contributed by atoms with Crippen LogP contribution >= 0.6 is 11.3 Å². The Morgan fingerprint density at radius 3 is 3.00 bits per heavy atom. The number of benzene rings is 1. The highest BCUT2D eigenvalue weighted by Gasteiger charge is 2.13. The number of aromatic nitrogens is 1. The molecule has 2 aromatic rings. The molecule has 0 spiro atoms. The molecule has 0 saturated carbocycles. The van der Waals surface area contributed by atoms with Crippen LogP contribution in [-0.4, -0.2) is 17.2 Å². The van der Waals surface area contributed by atoms with Crippen molar-refractivity contribution in [2.24, 2.45) is 10.9 Å². The lowest BCUT2D eigenvalue weighted by atomic mass is 9.96. The Labute approximate surface area is 105 Å². The molecule has 17 heavy (non-hydrogen) atoms. The molecule has 1 unspecified atom stereocenters. The summed E-state index contributed by atoms with van der Waals surface area (Å²) in [5.74, 6) is 0.740. The van der Waals surface area contributed by atoms with Crippen molar-refractivity contribution in [1.29, 1.82) is 0 Å². The summed E-state index contributed by atoms with van der Waals surface area (Å²) in [6, 6.07) is 6.55. The van der Waals surface area contributed by atoms with Crippen molar-refractivity contribution < 1.29 is 0 Å². The van der Waals surface area contributed by atoms with E-state index in [-0.39, 0.29) is 0 Å². The first-order chi connectivity index (χ1) is 8.22. The second-order valence-electron chi connectivity index (χ2n) is 4.85. The van der Waals surface area contributed by atoms with Gasteiger partial charge in [-0.1, -0.05) is 13.0 Å². The van der Waals surface area contributed by atoms with Gasteiger partial charge in [-0.25, -0.2) is 4.98 Å². The fraction of sp³-hybridized carbons (Fsp3) is 0.429. The molecule has 2 nitrogen and oxygen atoms in total. The van der Waals surface area contributed by atoms with Gasteiger partial charge in [0, 0.05) is 12.3 Å². The topological polar surface area (TPSA) is 25.2 Å². The molecule has 0 fully saturated rings. The van der Waals surface area contributed by atoms with Crippen LogP contribution < -0.4 is 0 Å². The average Bonchev–Trinajstić information content (AvgIpc) is 2.69. The quantitative estimate of drug-likeness (QED) is 0.748. The van der Waals surface area contributed by atoms with Crippen LogP contribution in [0.3, 0.4) is 0 Å². The van der Waals surface area contributed by atoms with E-state index in [4.69, 9.17) is 0 Å². The van der Waals surface area contributed by atoms with Crippen LogP contribution in [0.25, 0.3) is 10.2 Å². The second-order valence-corrected chi connectivity index (χ2v) is 6.08. The van der Waals surface area contributed by atoms with Crippen LogP contribution in [0, 0.1) is 12.8 Å². The minimum absolute atomic E-state index is 0.740. The Balaban J connectivity index is 2.00. The first-order valence-electron chi connectivity index (χ1n) is 6.13. The summed E-state index contributed by atoms with van der Waals surface area (Å²) in [6.07, 6.45) is 2.36. The van der Waals surface area contributed by atoms with Gasteiger partial charge in [-0.2, -0.15) is 0 Å². The SMILES string of the molecule is Cc1nc2cc(C3=NCC(C)CC3)ccc2s1. The minimum Gasteiger partial charge on any atom is -0.289 e. The zero-order valence-corrected chi connectivity index (χ0v) is 11.0. The fourth-order valence-corrected chi connectivity index (χ4v) is 3.08. The highest BCUT2D eigenvalue weighted by molar-refractivity contribution is 7.18. The molecule has 88 valence electrons. The van der Waals surface area contributed by atoms with Crippen LogP contribution in [0.1, 0.15) is 30.3 Å². The Kier molecular flexibility index (Phi) is 2.71. The van der Waals surface area contributed by atoms with Crippen LogP contribution in [-0.2, 0) is 0 Å². The van der Waals surface area contributed by atoms with Crippen LogP contribution in [0.5, 0.6) is 0 Å². The lowest BCUT2D eigenvalue weighted by molar-refractivity contribution is 0.538. The Hall–Kier alpha value is -1.22. The second kappa shape index (κ2) is 4.22. The number of rotatable bonds is 1. The zero-order valence-electron chi connectivity index (χ0n) is 10.2. The molecule has 0 radical (unpaired) electrons. The Morgan fingerprint density at radius 2 is 2.24 bits per heavy atom. The summed E-state index contributed by atoms with van der Waals surface area (Å²) in [6.45, 7) is 5.31. The summed E-state index contributed by atoms with van der Waals surface area (Å²) < 4.78 is 1.27. The van der Waals surface area contributed by atoms with Crippen LogP contribution in [0.4, 0.5) is 0 Å². The van der Waals surface area contributed by atoms with Crippen molar-refractivity contribution in [1.82, 2.24) is 4.98 Å². The van der Waals surface area contributed by atoms with Crippen molar-refractivity contribution in [3.05, 3.63) is 28.8 Å². The molecular weight excluding hydrogens is 228 g/mol. The monoisotopic (exact) mass is 244 g/mol. The highest BCUT2D eigenvalue weighted by atomic mass is 32.1. The molecule has 0 N–H and O–H groups in total. The highest BCUT2D eigenvalue weighted by Crippen LogP contribution is 2.25. The largest absolute Gasteiger partial charge is 0.289 e. The molecule has 3 rings (SSSR count). The Bertz CT molecular complexity index is 583. The molecule has 1 aliphatic heterocycles. The van der Waals surface area contributed by atoms with Gasteiger partial charge in [-0.15, -0.1) is 11.3 Å². The van der Waals surface area contributed by atoms with Crippen molar-refractivity contribution in [3.63, 3.8) is 0 Å². The molecule has 0 bridgehead atoms. The molecule has 0 amide bonds. The van der Waals surface area contributed by atoms with Gasteiger partial charge in [0.2, 0.25) is 0 Å². The summed E-state index contributed by atoms with van der Waals surface area (Å²) >= 11 is 1.76. The van der Waals surface area contributed by atoms with E-state index in [1.54, 1.807) is 11.3 Å². The maximum atomic E-state index is 4.69. The number of aryl methyl sites for hydroxylation is 1. The summed E-state index contributed by atoms with van der Waals surface area (Å²) in [4.78, 5) is 9.23. The number of hydrogen-bond donors (Lipinski definition) is 0. The van der Waals surface area contributed by atoms with Gasteiger partial charge in [0.05, 0.1) is 15.2 Å². The van der Waals surface area contributed by atoms with E-state index < -0.39 is 0 Å². The van der Waals surface area contributed by atoms with Gasteiger partial charge >= 0.3 is 0 Å². The van der Waals surface area contributed by atoms with Gasteiger partial charge in [-0.3, -0.25) is 4.99 Å². The zero-order chi connectivity index (χ0) is 11.8. The lowest BCUT2D eigenvalue weighted by Crippen LogP contribution is -2.14. The van der Waals surface area contributed by atoms with E-state index in [2.05, 4.69) is 42.0 Å². The molecule has 2 heterocycles. The first-order valence-corrected chi connectivity index (χ1v) is 6.95. The van der Waals surface area contributed by atoms with E-state index in [0.29, 0.717) is 0 Å². The van der Waals surface area contributed by atoms with E-state index in [9.17, 15) is 0 Å². The number of fused-ring (bicyclic) bond motifs is 1. The maximum Gasteiger partial charge on any atom is 0.0907 e. The molecule has 0 aliphatic carbocycles. The van der Waals surface area contributed by atoms with E-state index in [1.807, 2.05) is 0 Å². The van der Waals surface area contributed by atoms with Gasteiger partial charge < -0.3 is 0 Å².